The lowest BCUT2D eigenvalue weighted by Gasteiger charge is -2.33. The SMILES string of the molecule is N#Cc1cccc(NC(=O)c2cc(N3CCC(Cc4ccccc4)CC3)ccn2)c1. The highest BCUT2D eigenvalue weighted by Gasteiger charge is 2.20. The van der Waals surface area contributed by atoms with Crippen LogP contribution >= 0.6 is 0 Å². The Morgan fingerprint density at radius 3 is 2.63 bits per heavy atom. The summed E-state index contributed by atoms with van der Waals surface area (Å²) in [6, 6.07) is 23.4. The lowest BCUT2D eigenvalue weighted by atomic mass is 9.90. The van der Waals surface area contributed by atoms with Crippen molar-refractivity contribution < 1.29 is 4.79 Å². The molecule has 0 atom stereocenters. The number of hydrogen-bond donors (Lipinski definition) is 1. The highest BCUT2D eigenvalue weighted by molar-refractivity contribution is 6.03. The van der Waals surface area contributed by atoms with E-state index in [1.165, 1.54) is 5.56 Å². The second-order valence-electron chi connectivity index (χ2n) is 7.67. The number of hydrogen-bond acceptors (Lipinski definition) is 4. The summed E-state index contributed by atoms with van der Waals surface area (Å²) in [4.78, 5) is 19.2. The van der Waals surface area contributed by atoms with E-state index in [0.29, 0.717) is 22.9 Å². The molecule has 1 amide bonds. The quantitative estimate of drug-likeness (QED) is 0.681. The fraction of sp³-hybridized carbons (Fsp3) is 0.240. The van der Waals surface area contributed by atoms with Crippen LogP contribution in [0.5, 0.6) is 0 Å². The van der Waals surface area contributed by atoms with Crippen LogP contribution in [0, 0.1) is 17.2 Å². The van der Waals surface area contributed by atoms with E-state index in [9.17, 15) is 4.79 Å². The van der Waals surface area contributed by atoms with Crippen molar-refractivity contribution in [3.05, 3.63) is 89.7 Å². The van der Waals surface area contributed by atoms with Gasteiger partial charge in [0.25, 0.3) is 5.91 Å². The van der Waals surface area contributed by atoms with Gasteiger partial charge in [-0.1, -0.05) is 36.4 Å². The number of rotatable bonds is 5. The summed E-state index contributed by atoms with van der Waals surface area (Å²) in [5, 5.41) is 11.8. The molecule has 0 spiro atoms. The van der Waals surface area contributed by atoms with Gasteiger partial charge in [0.2, 0.25) is 0 Å². The van der Waals surface area contributed by atoms with Crippen molar-refractivity contribution in [2.24, 2.45) is 5.92 Å². The minimum absolute atomic E-state index is 0.272. The number of carbonyl (C=O) groups is 1. The third-order valence-corrected chi connectivity index (χ3v) is 5.57. The molecule has 0 unspecified atom stereocenters. The topological polar surface area (TPSA) is 69.0 Å². The first kappa shape index (κ1) is 19.7. The van der Waals surface area contributed by atoms with Crippen molar-refractivity contribution in [2.45, 2.75) is 19.3 Å². The van der Waals surface area contributed by atoms with E-state index in [0.717, 1.165) is 38.0 Å². The van der Waals surface area contributed by atoms with Gasteiger partial charge in [0.1, 0.15) is 5.69 Å². The summed E-state index contributed by atoms with van der Waals surface area (Å²) in [7, 11) is 0. The Kier molecular flexibility index (Phi) is 6.05. The number of carbonyl (C=O) groups excluding carboxylic acids is 1. The van der Waals surface area contributed by atoms with Gasteiger partial charge in [0.05, 0.1) is 11.6 Å². The molecule has 1 aliphatic rings. The Balaban J connectivity index is 1.37. The van der Waals surface area contributed by atoms with Gasteiger partial charge in [-0.15, -0.1) is 0 Å². The van der Waals surface area contributed by atoms with E-state index >= 15 is 0 Å². The number of nitriles is 1. The smallest absolute Gasteiger partial charge is 0.274 e. The predicted molar refractivity (Wildman–Crippen MR) is 118 cm³/mol. The van der Waals surface area contributed by atoms with Gasteiger partial charge in [-0.05, 0) is 61.1 Å². The van der Waals surface area contributed by atoms with Crippen LogP contribution in [0.2, 0.25) is 0 Å². The highest BCUT2D eigenvalue weighted by atomic mass is 16.1. The van der Waals surface area contributed by atoms with Crippen LogP contribution in [-0.2, 0) is 6.42 Å². The Hall–Kier alpha value is -3.65. The summed E-state index contributed by atoms with van der Waals surface area (Å²) >= 11 is 0. The molecule has 0 radical (unpaired) electrons. The summed E-state index contributed by atoms with van der Waals surface area (Å²) in [5.74, 6) is 0.423. The average Bonchev–Trinajstić information content (AvgIpc) is 2.80. The molecule has 2 aromatic carbocycles. The number of nitrogens with one attached hydrogen (secondary N) is 1. The first-order chi connectivity index (χ1) is 14.7. The van der Waals surface area contributed by atoms with Crippen LogP contribution in [0.4, 0.5) is 11.4 Å². The van der Waals surface area contributed by atoms with Crippen molar-refractivity contribution in [3.8, 4) is 6.07 Å². The minimum atomic E-state index is -0.272. The Labute approximate surface area is 177 Å². The van der Waals surface area contributed by atoms with Crippen LogP contribution in [0.25, 0.3) is 0 Å². The minimum Gasteiger partial charge on any atom is -0.371 e. The molecule has 5 heteroatoms. The fourth-order valence-electron chi connectivity index (χ4n) is 3.94. The van der Waals surface area contributed by atoms with Crippen molar-refractivity contribution >= 4 is 17.3 Å². The molecule has 1 saturated heterocycles. The predicted octanol–water partition coefficient (Wildman–Crippen LogP) is 4.66. The Morgan fingerprint density at radius 1 is 1.07 bits per heavy atom. The molecular formula is C25H24N4O. The van der Waals surface area contributed by atoms with Crippen LogP contribution < -0.4 is 10.2 Å². The molecule has 2 heterocycles. The fourth-order valence-corrected chi connectivity index (χ4v) is 3.94. The summed E-state index contributed by atoms with van der Waals surface area (Å²) in [6.45, 7) is 1.96. The Bertz CT molecular complexity index is 1050. The van der Waals surface area contributed by atoms with Gasteiger partial charge < -0.3 is 10.2 Å². The number of anilines is 2. The zero-order valence-electron chi connectivity index (χ0n) is 16.8. The third-order valence-electron chi connectivity index (χ3n) is 5.57. The van der Waals surface area contributed by atoms with Gasteiger partial charge in [0.15, 0.2) is 0 Å². The lowest BCUT2D eigenvalue weighted by molar-refractivity contribution is 0.102. The maximum absolute atomic E-state index is 12.6. The summed E-state index contributed by atoms with van der Waals surface area (Å²) in [5.41, 5.74) is 3.90. The molecule has 5 nitrogen and oxygen atoms in total. The first-order valence-corrected chi connectivity index (χ1v) is 10.3. The Morgan fingerprint density at radius 2 is 1.87 bits per heavy atom. The van der Waals surface area contributed by atoms with Gasteiger partial charge in [-0.3, -0.25) is 9.78 Å². The molecule has 30 heavy (non-hydrogen) atoms. The third kappa shape index (κ3) is 4.84. The van der Waals surface area contributed by atoms with Crippen LogP contribution in [0.15, 0.2) is 72.9 Å². The van der Waals surface area contributed by atoms with Gasteiger partial charge in [-0.2, -0.15) is 5.26 Å². The maximum atomic E-state index is 12.6. The monoisotopic (exact) mass is 396 g/mol. The van der Waals surface area contributed by atoms with Gasteiger partial charge >= 0.3 is 0 Å². The zero-order chi connectivity index (χ0) is 20.8. The maximum Gasteiger partial charge on any atom is 0.274 e. The van der Waals surface area contributed by atoms with Crippen LogP contribution in [0.3, 0.4) is 0 Å². The van der Waals surface area contributed by atoms with Crippen molar-refractivity contribution in [2.75, 3.05) is 23.3 Å². The molecule has 1 aromatic heterocycles. The number of amides is 1. The molecular weight excluding hydrogens is 372 g/mol. The summed E-state index contributed by atoms with van der Waals surface area (Å²) in [6.07, 6.45) is 5.09. The first-order valence-electron chi connectivity index (χ1n) is 10.3. The molecule has 4 rings (SSSR count). The molecule has 0 aliphatic carbocycles. The number of piperidine rings is 1. The van der Waals surface area contributed by atoms with Crippen LogP contribution in [0.1, 0.15) is 34.5 Å². The molecule has 1 fully saturated rings. The van der Waals surface area contributed by atoms with E-state index in [4.69, 9.17) is 5.26 Å². The van der Waals surface area contributed by atoms with Crippen LogP contribution in [-0.4, -0.2) is 24.0 Å². The van der Waals surface area contributed by atoms with E-state index in [-0.39, 0.29) is 5.91 Å². The largest absolute Gasteiger partial charge is 0.371 e. The van der Waals surface area contributed by atoms with Crippen molar-refractivity contribution in [3.63, 3.8) is 0 Å². The number of pyridine rings is 1. The van der Waals surface area contributed by atoms with Gasteiger partial charge in [-0.25, -0.2) is 0 Å². The molecule has 1 aliphatic heterocycles. The van der Waals surface area contributed by atoms with E-state index < -0.39 is 0 Å². The molecule has 3 aromatic rings. The van der Waals surface area contributed by atoms with Gasteiger partial charge in [0, 0.05) is 30.7 Å². The molecule has 0 saturated carbocycles. The van der Waals surface area contributed by atoms with Crippen molar-refractivity contribution in [1.29, 1.82) is 5.26 Å². The lowest BCUT2D eigenvalue weighted by Crippen LogP contribution is -2.34. The second-order valence-corrected chi connectivity index (χ2v) is 7.67. The highest BCUT2D eigenvalue weighted by Crippen LogP contribution is 2.26. The van der Waals surface area contributed by atoms with E-state index in [1.807, 2.05) is 12.1 Å². The molecule has 1 N–H and O–H groups in total. The average molecular weight is 396 g/mol. The normalized spacial score (nSPS) is 14.2. The standard InChI is InChI=1S/C25H24N4O/c26-18-21-7-4-8-22(16-21)28-25(30)24-17-23(9-12-27-24)29-13-10-20(11-14-29)15-19-5-2-1-3-6-19/h1-9,12,16-17,20H,10-11,13-15H2,(H,28,30). The summed E-state index contributed by atoms with van der Waals surface area (Å²) < 4.78 is 0. The number of benzene rings is 2. The zero-order valence-corrected chi connectivity index (χ0v) is 16.8. The number of nitrogens with zero attached hydrogens (tertiary/aromatic N) is 3. The van der Waals surface area contributed by atoms with E-state index in [1.54, 1.807) is 30.5 Å². The molecule has 0 bridgehead atoms. The van der Waals surface area contributed by atoms with E-state index in [2.05, 4.69) is 51.6 Å². The van der Waals surface area contributed by atoms with Crippen molar-refractivity contribution in [1.82, 2.24) is 4.98 Å². The number of aromatic nitrogens is 1. The second kappa shape index (κ2) is 9.23. The molecule has 150 valence electrons.